The van der Waals surface area contributed by atoms with Crippen LogP contribution in [0.4, 0.5) is 0 Å². The van der Waals surface area contributed by atoms with Crippen LogP contribution in [0.5, 0.6) is 5.75 Å². The van der Waals surface area contributed by atoms with Gasteiger partial charge in [-0.25, -0.2) is 0 Å². The molecule has 1 aromatic rings. The first kappa shape index (κ1) is 10.8. The molecule has 0 bridgehead atoms. The molecule has 0 saturated carbocycles. The van der Waals surface area contributed by atoms with Crippen LogP contribution in [-0.2, 0) is 0 Å². The van der Waals surface area contributed by atoms with E-state index >= 15 is 0 Å². The zero-order valence-electron chi connectivity index (χ0n) is 9.46. The van der Waals surface area contributed by atoms with Gasteiger partial charge in [-0.2, -0.15) is 0 Å². The maximum Gasteiger partial charge on any atom is 0.122 e. The second-order valence-corrected chi connectivity index (χ2v) is 5.33. The van der Waals surface area contributed by atoms with E-state index < -0.39 is 0 Å². The minimum atomic E-state index is 0.747. The standard InChI is InChI=1S/C12H17NOS/c1-8-5-12(15-10-6-13-7-10)9(2)4-11(8)14-3/h4-5,10,13H,6-7H2,1-3H3. The number of aryl methyl sites for hydroxylation is 2. The third kappa shape index (κ3) is 2.29. The summed E-state index contributed by atoms with van der Waals surface area (Å²) >= 11 is 1.97. The van der Waals surface area contributed by atoms with Crippen LogP contribution in [0.2, 0.25) is 0 Å². The number of thioether (sulfide) groups is 1. The Hall–Kier alpha value is -0.670. The summed E-state index contributed by atoms with van der Waals surface area (Å²) < 4.78 is 5.30. The Balaban J connectivity index is 2.19. The first-order valence-corrected chi connectivity index (χ1v) is 6.11. The topological polar surface area (TPSA) is 21.3 Å². The molecule has 82 valence electrons. The first-order valence-electron chi connectivity index (χ1n) is 5.23. The van der Waals surface area contributed by atoms with Crippen LogP contribution >= 0.6 is 11.8 Å². The van der Waals surface area contributed by atoms with Gasteiger partial charge in [0.15, 0.2) is 0 Å². The van der Waals surface area contributed by atoms with Gasteiger partial charge in [0.25, 0.3) is 0 Å². The fourth-order valence-electron chi connectivity index (χ4n) is 1.64. The van der Waals surface area contributed by atoms with Gasteiger partial charge >= 0.3 is 0 Å². The van der Waals surface area contributed by atoms with Gasteiger partial charge in [-0.1, -0.05) is 0 Å². The van der Waals surface area contributed by atoms with Crippen LogP contribution in [0.25, 0.3) is 0 Å². The number of hydrogen-bond donors (Lipinski definition) is 1. The Morgan fingerprint density at radius 1 is 1.27 bits per heavy atom. The number of benzene rings is 1. The molecule has 0 aliphatic carbocycles. The van der Waals surface area contributed by atoms with Crippen molar-refractivity contribution < 1.29 is 4.74 Å². The highest BCUT2D eigenvalue weighted by Gasteiger charge is 2.19. The van der Waals surface area contributed by atoms with Crippen molar-refractivity contribution in [3.63, 3.8) is 0 Å². The maximum absolute atomic E-state index is 5.30. The summed E-state index contributed by atoms with van der Waals surface area (Å²) in [5, 5.41) is 4.04. The van der Waals surface area contributed by atoms with Gasteiger partial charge in [0.2, 0.25) is 0 Å². The Morgan fingerprint density at radius 3 is 2.53 bits per heavy atom. The maximum atomic E-state index is 5.30. The summed E-state index contributed by atoms with van der Waals surface area (Å²) in [6.07, 6.45) is 0. The molecule has 1 aliphatic rings. The van der Waals surface area contributed by atoms with E-state index in [9.17, 15) is 0 Å². The minimum Gasteiger partial charge on any atom is -0.496 e. The van der Waals surface area contributed by atoms with Gasteiger partial charge in [-0.05, 0) is 37.1 Å². The molecule has 1 heterocycles. The number of ether oxygens (including phenoxy) is 1. The van der Waals surface area contributed by atoms with Crippen molar-refractivity contribution in [1.29, 1.82) is 0 Å². The molecule has 1 N–H and O–H groups in total. The van der Waals surface area contributed by atoms with E-state index in [-0.39, 0.29) is 0 Å². The predicted octanol–water partition coefficient (Wildman–Crippen LogP) is 2.38. The van der Waals surface area contributed by atoms with E-state index in [0.29, 0.717) is 0 Å². The summed E-state index contributed by atoms with van der Waals surface area (Å²) in [4.78, 5) is 1.39. The predicted molar refractivity (Wildman–Crippen MR) is 65.0 cm³/mol. The molecule has 1 aromatic carbocycles. The minimum absolute atomic E-state index is 0.747. The summed E-state index contributed by atoms with van der Waals surface area (Å²) in [5.41, 5.74) is 2.53. The molecular formula is C12H17NOS. The monoisotopic (exact) mass is 223 g/mol. The highest BCUT2D eigenvalue weighted by Crippen LogP contribution is 2.32. The largest absolute Gasteiger partial charge is 0.496 e. The van der Waals surface area contributed by atoms with Gasteiger partial charge < -0.3 is 10.1 Å². The molecule has 1 saturated heterocycles. The Kier molecular flexibility index (Phi) is 3.22. The summed E-state index contributed by atoms with van der Waals surface area (Å²) in [6.45, 7) is 6.52. The molecule has 15 heavy (non-hydrogen) atoms. The zero-order chi connectivity index (χ0) is 10.8. The van der Waals surface area contributed by atoms with Gasteiger partial charge in [-0.15, -0.1) is 11.8 Å². The summed E-state index contributed by atoms with van der Waals surface area (Å²) in [6, 6.07) is 4.36. The lowest BCUT2D eigenvalue weighted by Crippen LogP contribution is -2.44. The van der Waals surface area contributed by atoms with Crippen molar-refractivity contribution in [3.8, 4) is 5.75 Å². The van der Waals surface area contributed by atoms with Crippen LogP contribution < -0.4 is 10.1 Å². The molecule has 0 aromatic heterocycles. The number of methoxy groups -OCH3 is 1. The normalized spacial score (nSPS) is 16.2. The average molecular weight is 223 g/mol. The average Bonchev–Trinajstić information content (AvgIpc) is 2.16. The van der Waals surface area contributed by atoms with Crippen LogP contribution in [0.15, 0.2) is 17.0 Å². The van der Waals surface area contributed by atoms with Gasteiger partial charge in [-0.3, -0.25) is 0 Å². The van der Waals surface area contributed by atoms with Crippen molar-refractivity contribution in [2.75, 3.05) is 20.2 Å². The van der Waals surface area contributed by atoms with Crippen LogP contribution in [0.1, 0.15) is 11.1 Å². The van der Waals surface area contributed by atoms with Gasteiger partial charge in [0, 0.05) is 23.2 Å². The van der Waals surface area contributed by atoms with E-state index in [1.165, 1.54) is 16.0 Å². The van der Waals surface area contributed by atoms with Crippen molar-refractivity contribution in [2.24, 2.45) is 0 Å². The number of nitrogens with one attached hydrogen (secondary N) is 1. The fraction of sp³-hybridized carbons (Fsp3) is 0.500. The molecule has 1 aliphatic heterocycles. The van der Waals surface area contributed by atoms with Crippen molar-refractivity contribution in [2.45, 2.75) is 24.0 Å². The van der Waals surface area contributed by atoms with Gasteiger partial charge in [0.05, 0.1) is 7.11 Å². The Morgan fingerprint density at radius 2 is 2.00 bits per heavy atom. The smallest absolute Gasteiger partial charge is 0.122 e. The molecule has 3 heteroatoms. The van der Waals surface area contributed by atoms with Crippen molar-refractivity contribution in [3.05, 3.63) is 23.3 Å². The van der Waals surface area contributed by atoms with Crippen molar-refractivity contribution in [1.82, 2.24) is 5.32 Å². The van der Waals surface area contributed by atoms with E-state index in [1.54, 1.807) is 7.11 Å². The number of rotatable bonds is 3. The Labute approximate surface area is 95.4 Å². The van der Waals surface area contributed by atoms with E-state index in [2.05, 4.69) is 31.3 Å². The second kappa shape index (κ2) is 4.45. The molecular weight excluding hydrogens is 206 g/mol. The Bertz CT molecular complexity index is 361. The highest BCUT2D eigenvalue weighted by molar-refractivity contribution is 8.00. The van der Waals surface area contributed by atoms with Crippen molar-refractivity contribution >= 4 is 11.8 Å². The van der Waals surface area contributed by atoms with E-state index in [0.717, 1.165) is 24.1 Å². The van der Waals surface area contributed by atoms with Gasteiger partial charge in [0.1, 0.15) is 5.75 Å². The summed E-state index contributed by atoms with van der Waals surface area (Å²) in [7, 11) is 1.73. The molecule has 0 unspecified atom stereocenters. The molecule has 0 atom stereocenters. The summed E-state index contributed by atoms with van der Waals surface area (Å²) in [5.74, 6) is 0.989. The van der Waals surface area contributed by atoms with E-state index in [1.807, 2.05) is 11.8 Å². The van der Waals surface area contributed by atoms with Crippen LogP contribution in [0, 0.1) is 13.8 Å². The SMILES string of the molecule is COc1cc(C)c(SC2CNC2)cc1C. The molecule has 0 spiro atoms. The lowest BCUT2D eigenvalue weighted by atomic mass is 10.1. The quantitative estimate of drug-likeness (QED) is 0.850. The van der Waals surface area contributed by atoms with Crippen LogP contribution in [0.3, 0.4) is 0 Å². The molecule has 0 amide bonds. The molecule has 1 fully saturated rings. The van der Waals surface area contributed by atoms with Crippen LogP contribution in [-0.4, -0.2) is 25.4 Å². The molecule has 0 radical (unpaired) electrons. The number of hydrogen-bond acceptors (Lipinski definition) is 3. The lowest BCUT2D eigenvalue weighted by Gasteiger charge is -2.27. The highest BCUT2D eigenvalue weighted by atomic mass is 32.2. The first-order chi connectivity index (χ1) is 7.20. The zero-order valence-corrected chi connectivity index (χ0v) is 10.3. The fourth-order valence-corrected chi connectivity index (χ4v) is 2.89. The third-order valence-electron chi connectivity index (χ3n) is 2.73. The third-order valence-corrected chi connectivity index (χ3v) is 4.09. The van der Waals surface area contributed by atoms with E-state index in [4.69, 9.17) is 4.74 Å². The lowest BCUT2D eigenvalue weighted by molar-refractivity contribution is 0.411. The second-order valence-electron chi connectivity index (χ2n) is 3.99. The molecule has 2 rings (SSSR count). The molecule has 2 nitrogen and oxygen atoms in total.